The van der Waals surface area contributed by atoms with Gasteiger partial charge in [0.05, 0.1) is 0 Å². The molecule has 0 aromatic heterocycles. The molecule has 1 saturated heterocycles. The van der Waals surface area contributed by atoms with Gasteiger partial charge in [-0.15, -0.1) is 0 Å². The first-order valence-corrected chi connectivity index (χ1v) is 5.90. The summed E-state index contributed by atoms with van der Waals surface area (Å²) in [4.78, 5) is 12.1. The van der Waals surface area contributed by atoms with Crippen LogP contribution in [0, 0.1) is 5.92 Å². The van der Waals surface area contributed by atoms with Crippen molar-refractivity contribution < 1.29 is 4.79 Å². The number of thioether (sulfide) groups is 1. The standard InChI is InChI=1S/C6H6Br2OS/c7-3-1-2-4(8)5(3)10-6(2)9/h2-5H,1H2. The molecule has 1 saturated carbocycles. The summed E-state index contributed by atoms with van der Waals surface area (Å²) in [6, 6.07) is 0. The Kier molecular flexibility index (Phi) is 1.90. The second kappa shape index (κ2) is 2.49. The normalized spacial score (nSPS) is 52.4. The van der Waals surface area contributed by atoms with E-state index in [1.54, 1.807) is 0 Å². The van der Waals surface area contributed by atoms with Crippen molar-refractivity contribution in [2.75, 3.05) is 0 Å². The summed E-state index contributed by atoms with van der Waals surface area (Å²) in [5.41, 5.74) is 0. The Hall–Kier alpha value is 0.980. The number of carbonyl (C=O) groups excluding carboxylic acids is 1. The van der Waals surface area contributed by atoms with Crippen molar-refractivity contribution in [3.8, 4) is 0 Å². The highest BCUT2D eigenvalue weighted by atomic mass is 79.9. The van der Waals surface area contributed by atoms with Crippen LogP contribution in [-0.4, -0.2) is 20.0 Å². The Morgan fingerprint density at radius 1 is 1.50 bits per heavy atom. The van der Waals surface area contributed by atoms with E-state index in [0.29, 0.717) is 20.0 Å². The van der Waals surface area contributed by atoms with Gasteiger partial charge >= 0.3 is 0 Å². The molecule has 2 bridgehead atoms. The first-order chi connectivity index (χ1) is 4.70. The van der Waals surface area contributed by atoms with Gasteiger partial charge in [0, 0.05) is 20.8 Å². The van der Waals surface area contributed by atoms with Gasteiger partial charge in [-0.2, -0.15) is 0 Å². The van der Waals surface area contributed by atoms with Gasteiger partial charge in [0.1, 0.15) is 0 Å². The molecule has 4 unspecified atom stereocenters. The summed E-state index contributed by atoms with van der Waals surface area (Å²) in [7, 11) is 0. The van der Waals surface area contributed by atoms with Crippen molar-refractivity contribution in [1.29, 1.82) is 0 Å². The van der Waals surface area contributed by atoms with Crippen molar-refractivity contribution in [2.24, 2.45) is 5.92 Å². The summed E-state index contributed by atoms with van der Waals surface area (Å²) in [6.07, 6.45) is 1.02. The molecule has 0 N–H and O–H groups in total. The summed E-state index contributed by atoms with van der Waals surface area (Å²) in [5, 5.41) is 0.861. The molecule has 0 aromatic carbocycles. The molecule has 56 valence electrons. The van der Waals surface area contributed by atoms with Gasteiger partial charge in [0.25, 0.3) is 0 Å². The average molecular weight is 286 g/mol. The Labute approximate surface area is 80.6 Å². The van der Waals surface area contributed by atoms with Crippen LogP contribution in [0.2, 0.25) is 0 Å². The lowest BCUT2D eigenvalue weighted by Gasteiger charge is -2.12. The van der Waals surface area contributed by atoms with Gasteiger partial charge in [-0.05, 0) is 6.42 Å². The maximum absolute atomic E-state index is 11.1. The van der Waals surface area contributed by atoms with E-state index in [9.17, 15) is 4.79 Å². The van der Waals surface area contributed by atoms with Crippen molar-refractivity contribution in [3.05, 3.63) is 0 Å². The van der Waals surface area contributed by atoms with Gasteiger partial charge in [-0.3, -0.25) is 4.79 Å². The molecule has 1 nitrogen and oxygen atoms in total. The molecule has 10 heavy (non-hydrogen) atoms. The molecule has 1 aliphatic heterocycles. The van der Waals surface area contributed by atoms with Crippen LogP contribution in [0.3, 0.4) is 0 Å². The van der Waals surface area contributed by atoms with Gasteiger partial charge in [0.2, 0.25) is 0 Å². The monoisotopic (exact) mass is 284 g/mol. The van der Waals surface area contributed by atoms with E-state index in [0.717, 1.165) is 6.42 Å². The fraction of sp³-hybridized carbons (Fsp3) is 0.833. The molecule has 4 atom stereocenters. The summed E-state index contributed by atoms with van der Waals surface area (Å²) >= 11 is 8.60. The molecule has 4 heteroatoms. The number of hydrogen-bond acceptors (Lipinski definition) is 2. The van der Waals surface area contributed by atoms with Crippen molar-refractivity contribution >= 4 is 48.7 Å². The third kappa shape index (κ3) is 0.916. The topological polar surface area (TPSA) is 17.1 Å². The lowest BCUT2D eigenvalue weighted by atomic mass is 10.1. The highest BCUT2D eigenvalue weighted by Gasteiger charge is 2.51. The molecule has 0 radical (unpaired) electrons. The van der Waals surface area contributed by atoms with Gasteiger partial charge in [-0.25, -0.2) is 0 Å². The molecule has 0 amide bonds. The molecule has 2 rings (SSSR count). The third-order valence-electron chi connectivity index (χ3n) is 2.09. The summed E-state index contributed by atoms with van der Waals surface area (Å²) in [5.74, 6) is 0.277. The number of alkyl halides is 2. The second-order valence-corrected chi connectivity index (χ2v) is 6.12. The minimum atomic E-state index is 0.277. The maximum Gasteiger partial charge on any atom is 0.193 e. The predicted molar refractivity (Wildman–Crippen MR) is 49.9 cm³/mol. The van der Waals surface area contributed by atoms with Crippen LogP contribution in [0.1, 0.15) is 6.42 Å². The Balaban J connectivity index is 2.25. The second-order valence-electron chi connectivity index (χ2n) is 2.70. The van der Waals surface area contributed by atoms with E-state index >= 15 is 0 Å². The SMILES string of the molecule is O=C1SC2C(Br)CC1C2Br. The number of rotatable bonds is 0. The largest absolute Gasteiger partial charge is 0.287 e. The zero-order valence-electron chi connectivity index (χ0n) is 5.09. The number of halogens is 2. The van der Waals surface area contributed by atoms with E-state index in [2.05, 4.69) is 31.9 Å². The first kappa shape index (κ1) is 7.62. The first-order valence-electron chi connectivity index (χ1n) is 3.19. The van der Waals surface area contributed by atoms with Crippen molar-refractivity contribution in [3.63, 3.8) is 0 Å². The predicted octanol–water partition coefficient (Wildman–Crippen LogP) is 2.18. The van der Waals surface area contributed by atoms with Crippen LogP contribution in [0.4, 0.5) is 0 Å². The van der Waals surface area contributed by atoms with Gasteiger partial charge in [-0.1, -0.05) is 43.6 Å². The third-order valence-corrected chi connectivity index (χ3v) is 6.37. The average Bonchev–Trinajstić information content (AvgIpc) is 2.26. The van der Waals surface area contributed by atoms with E-state index in [1.807, 2.05) is 0 Å². The van der Waals surface area contributed by atoms with Crippen LogP contribution in [0.15, 0.2) is 0 Å². The van der Waals surface area contributed by atoms with Crippen molar-refractivity contribution in [2.45, 2.75) is 21.3 Å². The van der Waals surface area contributed by atoms with E-state index in [-0.39, 0.29) is 5.92 Å². The fourth-order valence-electron chi connectivity index (χ4n) is 1.52. The summed E-state index contributed by atoms with van der Waals surface area (Å²) < 4.78 is 0. The Morgan fingerprint density at radius 3 is 2.50 bits per heavy atom. The fourth-order valence-corrected chi connectivity index (χ4v) is 5.57. The van der Waals surface area contributed by atoms with Crippen LogP contribution >= 0.6 is 43.6 Å². The van der Waals surface area contributed by atoms with Crippen LogP contribution in [0.25, 0.3) is 0 Å². The molecular weight excluding hydrogens is 280 g/mol. The van der Waals surface area contributed by atoms with Crippen LogP contribution in [0.5, 0.6) is 0 Å². The van der Waals surface area contributed by atoms with E-state index in [1.165, 1.54) is 11.8 Å². The molecule has 0 spiro atoms. The minimum absolute atomic E-state index is 0.277. The number of hydrogen-bond donors (Lipinski definition) is 0. The van der Waals surface area contributed by atoms with Gasteiger partial charge in [0.15, 0.2) is 5.12 Å². The highest BCUT2D eigenvalue weighted by Crippen LogP contribution is 2.51. The summed E-state index contributed by atoms with van der Waals surface area (Å²) in [6.45, 7) is 0. The zero-order valence-corrected chi connectivity index (χ0v) is 9.08. The molecular formula is C6H6Br2OS. The number of carbonyl (C=O) groups is 1. The zero-order chi connectivity index (χ0) is 7.30. The van der Waals surface area contributed by atoms with Crippen LogP contribution in [-0.2, 0) is 4.79 Å². The lowest BCUT2D eigenvalue weighted by Crippen LogP contribution is -2.15. The minimum Gasteiger partial charge on any atom is -0.287 e. The van der Waals surface area contributed by atoms with E-state index in [4.69, 9.17) is 0 Å². The molecule has 0 aromatic rings. The van der Waals surface area contributed by atoms with E-state index < -0.39 is 0 Å². The smallest absolute Gasteiger partial charge is 0.193 e. The van der Waals surface area contributed by atoms with Crippen LogP contribution < -0.4 is 0 Å². The quantitative estimate of drug-likeness (QED) is 0.635. The Bertz CT molecular complexity index is 185. The highest BCUT2D eigenvalue weighted by molar-refractivity contribution is 9.10. The maximum atomic E-state index is 11.1. The molecule has 1 aliphatic carbocycles. The molecule has 2 aliphatic rings. The Morgan fingerprint density at radius 2 is 2.20 bits per heavy atom. The lowest BCUT2D eigenvalue weighted by molar-refractivity contribution is -0.113. The van der Waals surface area contributed by atoms with Crippen molar-refractivity contribution in [1.82, 2.24) is 0 Å². The molecule has 1 heterocycles. The van der Waals surface area contributed by atoms with Gasteiger partial charge < -0.3 is 0 Å². The number of fused-ring (bicyclic) bond motifs is 2. The molecule has 2 fully saturated rings.